The lowest BCUT2D eigenvalue weighted by Crippen LogP contribution is -2.22. The quantitative estimate of drug-likeness (QED) is 0.665. The summed E-state index contributed by atoms with van der Waals surface area (Å²) in [5.74, 6) is 3.30. The van der Waals surface area contributed by atoms with E-state index in [1.54, 1.807) is 0 Å². The van der Waals surface area contributed by atoms with E-state index in [4.69, 9.17) is 0 Å². The fraction of sp³-hybridized carbons (Fsp3) is 0.692. The molecule has 1 heterocycles. The van der Waals surface area contributed by atoms with E-state index in [9.17, 15) is 0 Å². The highest BCUT2D eigenvalue weighted by molar-refractivity contribution is 7.80. The monoisotopic (exact) mass is 268 g/mol. The molecule has 5 heteroatoms. The standard InChI is InChI=1S/C13H24N4S/c1-5-13(3,4)9-15-12-8-11(14-6-7-18)16-10(2)17-12/h8,18H,5-7,9H2,1-4H3,(H2,14,15,16,17). The first-order valence-corrected chi connectivity index (χ1v) is 7.04. The zero-order valence-corrected chi connectivity index (χ0v) is 12.6. The first-order valence-electron chi connectivity index (χ1n) is 6.41. The van der Waals surface area contributed by atoms with Gasteiger partial charge in [0, 0.05) is 24.9 Å². The highest BCUT2D eigenvalue weighted by atomic mass is 32.1. The molecule has 0 fully saturated rings. The molecule has 102 valence electrons. The minimum atomic E-state index is 0.275. The SMILES string of the molecule is CCC(C)(C)CNc1cc(NCCS)nc(C)n1. The molecule has 18 heavy (non-hydrogen) atoms. The number of aryl methyl sites for hydroxylation is 1. The lowest BCUT2D eigenvalue weighted by atomic mass is 9.90. The van der Waals surface area contributed by atoms with E-state index in [0.29, 0.717) is 0 Å². The van der Waals surface area contributed by atoms with Crippen LogP contribution in [0.1, 0.15) is 33.0 Å². The molecular formula is C13H24N4S. The normalized spacial score (nSPS) is 11.4. The van der Waals surface area contributed by atoms with Crippen LogP contribution in [0.4, 0.5) is 11.6 Å². The summed E-state index contributed by atoms with van der Waals surface area (Å²) in [5, 5.41) is 6.60. The van der Waals surface area contributed by atoms with Gasteiger partial charge in [-0.15, -0.1) is 0 Å². The summed E-state index contributed by atoms with van der Waals surface area (Å²) >= 11 is 4.17. The summed E-state index contributed by atoms with van der Waals surface area (Å²) < 4.78 is 0. The number of rotatable bonds is 7. The molecule has 0 spiro atoms. The van der Waals surface area contributed by atoms with Gasteiger partial charge in [-0.2, -0.15) is 12.6 Å². The summed E-state index contributed by atoms with van der Waals surface area (Å²) in [6, 6.07) is 1.95. The topological polar surface area (TPSA) is 49.8 Å². The Morgan fingerprint density at radius 3 is 2.39 bits per heavy atom. The van der Waals surface area contributed by atoms with Crippen LogP contribution in [-0.4, -0.2) is 28.8 Å². The predicted octanol–water partition coefficient (Wildman–Crippen LogP) is 2.97. The minimum absolute atomic E-state index is 0.275. The fourth-order valence-corrected chi connectivity index (χ4v) is 1.50. The molecule has 4 nitrogen and oxygen atoms in total. The van der Waals surface area contributed by atoms with Gasteiger partial charge in [0.05, 0.1) is 0 Å². The Hall–Kier alpha value is -0.970. The van der Waals surface area contributed by atoms with Crippen molar-refractivity contribution in [2.45, 2.75) is 34.1 Å². The largest absolute Gasteiger partial charge is 0.369 e. The van der Waals surface area contributed by atoms with Crippen molar-refractivity contribution in [1.82, 2.24) is 9.97 Å². The third-order valence-electron chi connectivity index (χ3n) is 2.96. The second-order valence-electron chi connectivity index (χ2n) is 5.21. The average Bonchev–Trinajstić information content (AvgIpc) is 2.33. The lowest BCUT2D eigenvalue weighted by molar-refractivity contribution is 0.376. The minimum Gasteiger partial charge on any atom is -0.369 e. The molecule has 1 rings (SSSR count). The smallest absolute Gasteiger partial charge is 0.131 e. The van der Waals surface area contributed by atoms with Crippen LogP contribution in [-0.2, 0) is 0 Å². The second-order valence-corrected chi connectivity index (χ2v) is 5.65. The van der Waals surface area contributed by atoms with Crippen molar-refractivity contribution < 1.29 is 0 Å². The van der Waals surface area contributed by atoms with E-state index < -0.39 is 0 Å². The Labute approximate surface area is 115 Å². The van der Waals surface area contributed by atoms with Crippen molar-refractivity contribution in [1.29, 1.82) is 0 Å². The molecule has 1 aromatic heterocycles. The van der Waals surface area contributed by atoms with Gasteiger partial charge in [-0.1, -0.05) is 20.8 Å². The zero-order valence-electron chi connectivity index (χ0n) is 11.7. The molecule has 0 aliphatic heterocycles. The summed E-state index contributed by atoms with van der Waals surface area (Å²) in [7, 11) is 0. The Bertz CT molecular complexity index is 379. The fourth-order valence-electron chi connectivity index (χ4n) is 1.39. The first kappa shape index (κ1) is 15.1. The van der Waals surface area contributed by atoms with E-state index in [2.05, 4.69) is 54.0 Å². The van der Waals surface area contributed by atoms with Gasteiger partial charge in [0.1, 0.15) is 17.5 Å². The molecule has 2 N–H and O–H groups in total. The molecule has 0 radical (unpaired) electrons. The number of nitrogens with one attached hydrogen (secondary N) is 2. The van der Waals surface area contributed by atoms with E-state index in [0.717, 1.165) is 42.7 Å². The van der Waals surface area contributed by atoms with Gasteiger partial charge in [-0.3, -0.25) is 0 Å². The van der Waals surface area contributed by atoms with Gasteiger partial charge >= 0.3 is 0 Å². The van der Waals surface area contributed by atoms with Crippen LogP contribution in [0.5, 0.6) is 0 Å². The van der Waals surface area contributed by atoms with Crippen LogP contribution in [0.15, 0.2) is 6.07 Å². The van der Waals surface area contributed by atoms with Gasteiger partial charge in [-0.25, -0.2) is 9.97 Å². The van der Waals surface area contributed by atoms with Crippen LogP contribution in [0.2, 0.25) is 0 Å². The highest BCUT2D eigenvalue weighted by Crippen LogP contribution is 2.20. The molecule has 0 unspecified atom stereocenters. The Kier molecular flexibility index (Phi) is 5.72. The van der Waals surface area contributed by atoms with Crippen molar-refractivity contribution in [3.05, 3.63) is 11.9 Å². The lowest BCUT2D eigenvalue weighted by Gasteiger charge is -2.23. The van der Waals surface area contributed by atoms with Crippen LogP contribution in [0.25, 0.3) is 0 Å². The molecule has 0 bridgehead atoms. The number of aromatic nitrogens is 2. The third kappa shape index (κ3) is 5.12. The van der Waals surface area contributed by atoms with Crippen LogP contribution < -0.4 is 10.6 Å². The number of hydrogen-bond acceptors (Lipinski definition) is 5. The van der Waals surface area contributed by atoms with Gasteiger partial charge < -0.3 is 10.6 Å². The Balaban J connectivity index is 2.68. The van der Waals surface area contributed by atoms with E-state index in [1.165, 1.54) is 0 Å². The van der Waals surface area contributed by atoms with E-state index >= 15 is 0 Å². The zero-order chi connectivity index (χ0) is 13.6. The third-order valence-corrected chi connectivity index (χ3v) is 3.18. The molecule has 0 atom stereocenters. The van der Waals surface area contributed by atoms with Crippen LogP contribution in [0, 0.1) is 12.3 Å². The number of hydrogen-bond donors (Lipinski definition) is 3. The Morgan fingerprint density at radius 2 is 1.83 bits per heavy atom. The maximum absolute atomic E-state index is 4.40. The first-order chi connectivity index (χ1) is 8.46. The van der Waals surface area contributed by atoms with Crippen molar-refractivity contribution in [3.8, 4) is 0 Å². The van der Waals surface area contributed by atoms with Crippen molar-refractivity contribution in [2.24, 2.45) is 5.41 Å². The Morgan fingerprint density at radius 1 is 1.22 bits per heavy atom. The molecule has 0 amide bonds. The van der Waals surface area contributed by atoms with Crippen LogP contribution >= 0.6 is 12.6 Å². The summed E-state index contributed by atoms with van der Waals surface area (Å²) in [5.41, 5.74) is 0.275. The van der Waals surface area contributed by atoms with Gasteiger partial charge in [0.15, 0.2) is 0 Å². The predicted molar refractivity (Wildman–Crippen MR) is 81.7 cm³/mol. The molecule has 1 aromatic rings. The van der Waals surface area contributed by atoms with Crippen molar-refractivity contribution in [3.63, 3.8) is 0 Å². The maximum Gasteiger partial charge on any atom is 0.131 e. The molecule has 0 aliphatic rings. The number of nitrogens with zero attached hydrogens (tertiary/aromatic N) is 2. The molecule has 0 aromatic carbocycles. The second kappa shape index (κ2) is 6.83. The number of anilines is 2. The van der Waals surface area contributed by atoms with E-state index in [-0.39, 0.29) is 5.41 Å². The van der Waals surface area contributed by atoms with Gasteiger partial charge in [0.2, 0.25) is 0 Å². The van der Waals surface area contributed by atoms with Gasteiger partial charge in [0.25, 0.3) is 0 Å². The summed E-state index contributed by atoms with van der Waals surface area (Å²) in [4.78, 5) is 8.74. The van der Waals surface area contributed by atoms with Crippen molar-refractivity contribution in [2.75, 3.05) is 29.5 Å². The number of thiol groups is 1. The summed E-state index contributed by atoms with van der Waals surface area (Å²) in [6.45, 7) is 10.3. The molecule has 0 saturated carbocycles. The van der Waals surface area contributed by atoms with E-state index in [1.807, 2.05) is 13.0 Å². The molecular weight excluding hydrogens is 244 g/mol. The summed E-state index contributed by atoms with van der Waals surface area (Å²) in [6.07, 6.45) is 1.13. The van der Waals surface area contributed by atoms with Gasteiger partial charge in [-0.05, 0) is 18.8 Å². The van der Waals surface area contributed by atoms with Crippen LogP contribution in [0.3, 0.4) is 0 Å². The highest BCUT2D eigenvalue weighted by Gasteiger charge is 2.14. The van der Waals surface area contributed by atoms with Crippen molar-refractivity contribution >= 4 is 24.3 Å². The molecule has 0 saturated heterocycles. The maximum atomic E-state index is 4.40. The average molecular weight is 268 g/mol. The molecule has 0 aliphatic carbocycles.